The molecular weight excluding hydrogens is 264 g/mol. The molecule has 1 aromatic carbocycles. The van der Waals surface area contributed by atoms with E-state index in [2.05, 4.69) is 4.98 Å². The molecule has 0 bridgehead atoms. The molecule has 0 amide bonds. The maximum Gasteiger partial charge on any atom is 0.142 e. The van der Waals surface area contributed by atoms with Crippen molar-refractivity contribution >= 4 is 23.2 Å². The molecule has 0 aliphatic heterocycles. The van der Waals surface area contributed by atoms with Crippen LogP contribution >= 0.6 is 23.2 Å². The molecule has 0 spiro atoms. The van der Waals surface area contributed by atoms with E-state index in [1.807, 2.05) is 0 Å². The van der Waals surface area contributed by atoms with E-state index < -0.39 is 5.82 Å². The predicted molar refractivity (Wildman–Crippen MR) is 65.0 cm³/mol. The van der Waals surface area contributed by atoms with Crippen LogP contribution in [0.1, 0.15) is 5.56 Å². The van der Waals surface area contributed by atoms with Crippen LogP contribution in [0.2, 0.25) is 10.2 Å². The monoisotopic (exact) mass is 271 g/mol. The summed E-state index contributed by atoms with van der Waals surface area (Å²) in [5.74, 6) is 0.117. The average molecular weight is 272 g/mol. The predicted octanol–water partition coefficient (Wildman–Crippen LogP) is 4.11. The number of benzene rings is 1. The zero-order valence-electron chi connectivity index (χ0n) is 8.66. The number of pyridine rings is 1. The highest BCUT2D eigenvalue weighted by molar-refractivity contribution is 6.30. The molecule has 17 heavy (non-hydrogen) atoms. The Morgan fingerprint density at radius 1 is 1.18 bits per heavy atom. The van der Waals surface area contributed by atoms with E-state index in [1.54, 1.807) is 18.2 Å². The van der Waals surface area contributed by atoms with Crippen molar-refractivity contribution in [3.8, 4) is 5.75 Å². The van der Waals surface area contributed by atoms with Crippen LogP contribution in [0.5, 0.6) is 5.75 Å². The number of rotatable bonds is 3. The minimum atomic E-state index is -0.456. The van der Waals surface area contributed by atoms with E-state index in [0.717, 1.165) is 0 Å². The zero-order valence-corrected chi connectivity index (χ0v) is 10.2. The summed E-state index contributed by atoms with van der Waals surface area (Å²) in [6.45, 7) is 0.247. The lowest BCUT2D eigenvalue weighted by atomic mass is 10.2. The van der Waals surface area contributed by atoms with Gasteiger partial charge in [0.25, 0.3) is 0 Å². The molecule has 0 saturated carbocycles. The van der Waals surface area contributed by atoms with E-state index >= 15 is 0 Å². The molecule has 1 aromatic heterocycles. The summed E-state index contributed by atoms with van der Waals surface area (Å²) in [5, 5.41) is 0.497. The molecule has 0 unspecified atom stereocenters. The highest BCUT2D eigenvalue weighted by Crippen LogP contribution is 2.18. The molecule has 2 nitrogen and oxygen atoms in total. The van der Waals surface area contributed by atoms with E-state index in [-0.39, 0.29) is 11.6 Å². The van der Waals surface area contributed by atoms with Crippen molar-refractivity contribution in [3.05, 3.63) is 58.1 Å². The van der Waals surface area contributed by atoms with Crippen LogP contribution in [0.3, 0.4) is 0 Å². The molecule has 0 atom stereocenters. The molecule has 0 N–H and O–H groups in total. The second-order valence-corrected chi connectivity index (χ2v) is 4.15. The van der Waals surface area contributed by atoms with Gasteiger partial charge in [-0.2, -0.15) is 0 Å². The SMILES string of the molecule is Fc1cc(COc2ccc(Cl)nc2)ccc1Cl. The van der Waals surface area contributed by atoms with Gasteiger partial charge in [-0.1, -0.05) is 29.3 Å². The van der Waals surface area contributed by atoms with Gasteiger partial charge >= 0.3 is 0 Å². The Hall–Kier alpha value is -1.32. The Bertz CT molecular complexity index is 516. The molecule has 0 saturated heterocycles. The van der Waals surface area contributed by atoms with E-state index in [0.29, 0.717) is 16.5 Å². The van der Waals surface area contributed by atoms with Gasteiger partial charge in [0, 0.05) is 0 Å². The first kappa shape index (κ1) is 12.1. The zero-order chi connectivity index (χ0) is 12.3. The third kappa shape index (κ3) is 3.32. The van der Waals surface area contributed by atoms with Gasteiger partial charge in [0.2, 0.25) is 0 Å². The number of hydrogen-bond acceptors (Lipinski definition) is 2. The normalized spacial score (nSPS) is 10.3. The Labute approximate surface area is 108 Å². The number of aromatic nitrogens is 1. The average Bonchev–Trinajstić information content (AvgIpc) is 2.33. The van der Waals surface area contributed by atoms with Crippen molar-refractivity contribution in [1.29, 1.82) is 0 Å². The second kappa shape index (κ2) is 5.34. The lowest BCUT2D eigenvalue weighted by Crippen LogP contribution is -1.96. The lowest BCUT2D eigenvalue weighted by Gasteiger charge is -2.06. The summed E-state index contributed by atoms with van der Waals surface area (Å²) in [4.78, 5) is 3.87. The first-order valence-electron chi connectivity index (χ1n) is 4.83. The number of halogens is 3. The van der Waals surface area contributed by atoms with Crippen LogP contribution in [-0.4, -0.2) is 4.98 Å². The molecule has 5 heteroatoms. The van der Waals surface area contributed by atoms with Crippen molar-refractivity contribution in [1.82, 2.24) is 4.98 Å². The summed E-state index contributed by atoms with van der Waals surface area (Å²) < 4.78 is 18.6. The first-order valence-corrected chi connectivity index (χ1v) is 5.59. The largest absolute Gasteiger partial charge is 0.487 e. The highest BCUT2D eigenvalue weighted by Gasteiger charge is 2.02. The number of hydrogen-bond donors (Lipinski definition) is 0. The molecule has 2 aromatic rings. The summed E-state index contributed by atoms with van der Waals surface area (Å²) in [5.41, 5.74) is 0.696. The molecule has 0 fully saturated rings. The fourth-order valence-electron chi connectivity index (χ4n) is 1.24. The summed E-state index contributed by atoms with van der Waals surface area (Å²) >= 11 is 11.2. The Balaban J connectivity index is 2.02. The molecule has 1 heterocycles. The van der Waals surface area contributed by atoms with E-state index in [4.69, 9.17) is 27.9 Å². The summed E-state index contributed by atoms with van der Waals surface area (Å²) in [7, 11) is 0. The Morgan fingerprint density at radius 2 is 2.00 bits per heavy atom. The van der Waals surface area contributed by atoms with Gasteiger partial charge in [0.15, 0.2) is 0 Å². The van der Waals surface area contributed by atoms with E-state index in [1.165, 1.54) is 18.3 Å². The quantitative estimate of drug-likeness (QED) is 0.784. The van der Waals surface area contributed by atoms with Gasteiger partial charge < -0.3 is 4.74 Å². The molecule has 0 radical (unpaired) electrons. The van der Waals surface area contributed by atoms with Crippen LogP contribution in [0.4, 0.5) is 4.39 Å². The fraction of sp³-hybridized carbons (Fsp3) is 0.0833. The highest BCUT2D eigenvalue weighted by atomic mass is 35.5. The fourth-order valence-corrected chi connectivity index (χ4v) is 1.47. The van der Waals surface area contributed by atoms with Crippen molar-refractivity contribution in [2.24, 2.45) is 0 Å². The van der Waals surface area contributed by atoms with Gasteiger partial charge in [0.1, 0.15) is 23.3 Å². The van der Waals surface area contributed by atoms with Gasteiger partial charge in [-0.3, -0.25) is 0 Å². The Kier molecular flexibility index (Phi) is 3.82. The summed E-state index contributed by atoms with van der Waals surface area (Å²) in [6.07, 6.45) is 1.51. The van der Waals surface area contributed by atoms with Crippen molar-refractivity contribution < 1.29 is 9.13 Å². The van der Waals surface area contributed by atoms with Gasteiger partial charge in [-0.15, -0.1) is 0 Å². The standard InChI is InChI=1S/C12H8Cl2FNO/c13-10-3-1-8(5-11(10)15)7-17-9-2-4-12(14)16-6-9/h1-6H,7H2. The molecular formula is C12H8Cl2FNO. The third-order valence-electron chi connectivity index (χ3n) is 2.09. The maximum absolute atomic E-state index is 13.1. The smallest absolute Gasteiger partial charge is 0.142 e. The minimum absolute atomic E-state index is 0.0990. The number of ether oxygens (including phenoxy) is 1. The van der Waals surface area contributed by atoms with E-state index in [9.17, 15) is 4.39 Å². The van der Waals surface area contributed by atoms with Crippen molar-refractivity contribution in [2.45, 2.75) is 6.61 Å². The maximum atomic E-state index is 13.1. The van der Waals surface area contributed by atoms with Crippen LogP contribution in [0, 0.1) is 5.82 Å². The minimum Gasteiger partial charge on any atom is -0.487 e. The molecule has 0 aliphatic rings. The summed E-state index contributed by atoms with van der Waals surface area (Å²) in [6, 6.07) is 7.86. The van der Waals surface area contributed by atoms with Crippen LogP contribution < -0.4 is 4.74 Å². The van der Waals surface area contributed by atoms with Gasteiger partial charge in [0.05, 0.1) is 11.2 Å². The third-order valence-corrected chi connectivity index (χ3v) is 2.62. The van der Waals surface area contributed by atoms with Crippen molar-refractivity contribution in [2.75, 3.05) is 0 Å². The van der Waals surface area contributed by atoms with Gasteiger partial charge in [-0.05, 0) is 29.8 Å². The molecule has 88 valence electrons. The lowest BCUT2D eigenvalue weighted by molar-refractivity contribution is 0.304. The van der Waals surface area contributed by atoms with Crippen LogP contribution in [0.25, 0.3) is 0 Å². The first-order chi connectivity index (χ1) is 8.15. The van der Waals surface area contributed by atoms with Gasteiger partial charge in [-0.25, -0.2) is 9.37 Å². The molecule has 2 rings (SSSR count). The molecule has 0 aliphatic carbocycles. The Morgan fingerprint density at radius 3 is 2.65 bits per heavy atom. The van der Waals surface area contributed by atoms with Crippen LogP contribution in [0.15, 0.2) is 36.5 Å². The van der Waals surface area contributed by atoms with Crippen molar-refractivity contribution in [3.63, 3.8) is 0 Å². The topological polar surface area (TPSA) is 22.1 Å². The second-order valence-electron chi connectivity index (χ2n) is 3.35. The van der Waals surface area contributed by atoms with Crippen LogP contribution in [-0.2, 0) is 6.61 Å². The number of nitrogens with zero attached hydrogens (tertiary/aromatic N) is 1.